The summed E-state index contributed by atoms with van der Waals surface area (Å²) >= 11 is 0. The molecule has 0 aliphatic carbocycles. The fourth-order valence-electron chi connectivity index (χ4n) is 4.07. The van der Waals surface area contributed by atoms with Crippen LogP contribution in [-0.2, 0) is 9.63 Å². The standard InChI is InChI=1S/C19H26N4O2/c1-12(2)16-10-17(25-22-16)19(24)23-9-8-15-14(11-23)18(21-20-15)13-6-4-3-5-7-13/h3-7,12,14-15,17-18,20-21H,8-11H2,1-2H3. The van der Waals surface area contributed by atoms with Gasteiger partial charge in [0.25, 0.3) is 5.91 Å². The Labute approximate surface area is 148 Å². The van der Waals surface area contributed by atoms with Crippen LogP contribution in [0.1, 0.15) is 38.3 Å². The highest BCUT2D eigenvalue weighted by Gasteiger charge is 2.43. The van der Waals surface area contributed by atoms with Crippen LogP contribution in [0.25, 0.3) is 0 Å². The number of carbonyl (C=O) groups is 1. The van der Waals surface area contributed by atoms with E-state index in [0.717, 1.165) is 25.2 Å². The molecule has 25 heavy (non-hydrogen) atoms. The van der Waals surface area contributed by atoms with Gasteiger partial charge in [-0.3, -0.25) is 10.2 Å². The first kappa shape index (κ1) is 16.5. The molecule has 3 aliphatic heterocycles. The van der Waals surface area contributed by atoms with E-state index in [-0.39, 0.29) is 11.9 Å². The van der Waals surface area contributed by atoms with Gasteiger partial charge in [0.05, 0.1) is 11.8 Å². The molecule has 134 valence electrons. The predicted octanol–water partition coefficient (Wildman–Crippen LogP) is 1.85. The van der Waals surface area contributed by atoms with E-state index in [0.29, 0.717) is 24.3 Å². The van der Waals surface area contributed by atoms with Crippen LogP contribution in [0.5, 0.6) is 0 Å². The van der Waals surface area contributed by atoms with Crippen molar-refractivity contribution in [2.45, 2.75) is 44.9 Å². The molecular formula is C19H26N4O2. The maximum absolute atomic E-state index is 12.9. The third-order valence-electron chi connectivity index (χ3n) is 5.61. The second kappa shape index (κ2) is 6.77. The maximum atomic E-state index is 12.9. The Balaban J connectivity index is 1.43. The predicted molar refractivity (Wildman–Crippen MR) is 95.7 cm³/mol. The fraction of sp³-hybridized carbons (Fsp3) is 0.579. The second-order valence-corrected chi connectivity index (χ2v) is 7.56. The molecule has 3 heterocycles. The molecule has 4 atom stereocenters. The number of hydrazine groups is 1. The van der Waals surface area contributed by atoms with Crippen LogP contribution in [0.15, 0.2) is 35.5 Å². The zero-order chi connectivity index (χ0) is 17.4. The van der Waals surface area contributed by atoms with Crippen LogP contribution < -0.4 is 10.9 Å². The summed E-state index contributed by atoms with van der Waals surface area (Å²) in [6.45, 7) is 5.69. The number of piperidine rings is 1. The number of nitrogens with one attached hydrogen (secondary N) is 2. The van der Waals surface area contributed by atoms with E-state index in [1.54, 1.807) is 0 Å². The van der Waals surface area contributed by atoms with Crippen molar-refractivity contribution in [3.8, 4) is 0 Å². The van der Waals surface area contributed by atoms with Gasteiger partial charge in [0.2, 0.25) is 6.10 Å². The van der Waals surface area contributed by atoms with Crippen molar-refractivity contribution in [1.29, 1.82) is 0 Å². The number of hydrogen-bond donors (Lipinski definition) is 2. The van der Waals surface area contributed by atoms with Gasteiger partial charge in [0, 0.05) is 31.5 Å². The monoisotopic (exact) mass is 342 g/mol. The summed E-state index contributed by atoms with van der Waals surface area (Å²) in [5.74, 6) is 0.776. The lowest BCUT2D eigenvalue weighted by atomic mass is 9.85. The fourth-order valence-corrected chi connectivity index (χ4v) is 4.07. The summed E-state index contributed by atoms with van der Waals surface area (Å²) in [7, 11) is 0. The normalized spacial score (nSPS) is 31.6. The molecule has 1 aromatic rings. The Bertz CT molecular complexity index is 661. The number of carbonyl (C=O) groups excluding carboxylic acids is 1. The Morgan fingerprint density at radius 2 is 2.08 bits per heavy atom. The Hall–Kier alpha value is -1.92. The summed E-state index contributed by atoms with van der Waals surface area (Å²) in [6.07, 6.45) is 1.14. The average molecular weight is 342 g/mol. The first-order chi connectivity index (χ1) is 12.1. The van der Waals surface area contributed by atoms with E-state index >= 15 is 0 Å². The highest BCUT2D eigenvalue weighted by atomic mass is 16.6. The number of amides is 1. The molecule has 4 rings (SSSR count). The average Bonchev–Trinajstić information content (AvgIpc) is 3.28. The van der Waals surface area contributed by atoms with Gasteiger partial charge in [-0.05, 0) is 17.9 Å². The van der Waals surface area contributed by atoms with E-state index in [1.807, 2.05) is 11.0 Å². The van der Waals surface area contributed by atoms with Crippen LogP contribution in [0, 0.1) is 11.8 Å². The first-order valence-electron chi connectivity index (χ1n) is 9.21. The minimum atomic E-state index is -0.438. The molecule has 2 N–H and O–H groups in total. The van der Waals surface area contributed by atoms with Gasteiger partial charge in [0.1, 0.15) is 0 Å². The number of fused-ring (bicyclic) bond motifs is 1. The minimum absolute atomic E-state index is 0.0801. The molecule has 4 unspecified atom stereocenters. The van der Waals surface area contributed by atoms with Crippen molar-refractivity contribution in [1.82, 2.24) is 15.8 Å². The second-order valence-electron chi connectivity index (χ2n) is 7.56. The van der Waals surface area contributed by atoms with Crippen molar-refractivity contribution in [3.05, 3.63) is 35.9 Å². The highest BCUT2D eigenvalue weighted by Crippen LogP contribution is 2.34. The van der Waals surface area contributed by atoms with E-state index in [4.69, 9.17) is 4.84 Å². The van der Waals surface area contributed by atoms with Gasteiger partial charge in [-0.15, -0.1) is 0 Å². The molecule has 6 heteroatoms. The Morgan fingerprint density at radius 1 is 1.28 bits per heavy atom. The van der Waals surface area contributed by atoms with Crippen molar-refractivity contribution in [2.75, 3.05) is 13.1 Å². The maximum Gasteiger partial charge on any atom is 0.266 e. The molecule has 0 bridgehead atoms. The molecule has 2 fully saturated rings. The van der Waals surface area contributed by atoms with Gasteiger partial charge in [-0.1, -0.05) is 49.3 Å². The van der Waals surface area contributed by atoms with Crippen molar-refractivity contribution in [2.24, 2.45) is 17.0 Å². The number of oxime groups is 1. The number of likely N-dealkylation sites (tertiary alicyclic amines) is 1. The summed E-state index contributed by atoms with van der Waals surface area (Å²) in [4.78, 5) is 20.3. The Kier molecular flexibility index (Phi) is 4.48. The Morgan fingerprint density at radius 3 is 2.80 bits per heavy atom. The lowest BCUT2D eigenvalue weighted by Crippen LogP contribution is -2.50. The SMILES string of the molecule is CC(C)C1=NOC(C(=O)N2CCC3NNC(c4ccccc4)C3C2)C1. The highest BCUT2D eigenvalue weighted by molar-refractivity contribution is 5.93. The molecule has 1 aromatic carbocycles. The first-order valence-corrected chi connectivity index (χ1v) is 9.21. The zero-order valence-electron chi connectivity index (χ0n) is 14.8. The van der Waals surface area contributed by atoms with E-state index < -0.39 is 6.10 Å². The molecule has 1 amide bonds. The van der Waals surface area contributed by atoms with Crippen LogP contribution in [-0.4, -0.2) is 41.8 Å². The van der Waals surface area contributed by atoms with Gasteiger partial charge >= 0.3 is 0 Å². The molecule has 0 radical (unpaired) electrons. The van der Waals surface area contributed by atoms with Crippen LogP contribution >= 0.6 is 0 Å². The van der Waals surface area contributed by atoms with Crippen molar-refractivity contribution in [3.63, 3.8) is 0 Å². The molecule has 0 spiro atoms. The van der Waals surface area contributed by atoms with E-state index in [1.165, 1.54) is 5.56 Å². The van der Waals surface area contributed by atoms with Gasteiger partial charge in [0.15, 0.2) is 0 Å². The molecule has 2 saturated heterocycles. The summed E-state index contributed by atoms with van der Waals surface area (Å²) in [5.41, 5.74) is 9.09. The molecule has 0 saturated carbocycles. The quantitative estimate of drug-likeness (QED) is 0.880. The van der Waals surface area contributed by atoms with Gasteiger partial charge in [-0.25, -0.2) is 5.43 Å². The van der Waals surface area contributed by atoms with Crippen LogP contribution in [0.3, 0.4) is 0 Å². The third kappa shape index (κ3) is 3.16. The van der Waals surface area contributed by atoms with Crippen molar-refractivity contribution < 1.29 is 9.63 Å². The molecule has 3 aliphatic rings. The number of rotatable bonds is 3. The number of nitrogens with zero attached hydrogens (tertiary/aromatic N) is 2. The van der Waals surface area contributed by atoms with Crippen LogP contribution in [0.4, 0.5) is 0 Å². The van der Waals surface area contributed by atoms with Crippen LogP contribution in [0.2, 0.25) is 0 Å². The van der Waals surface area contributed by atoms with Crippen molar-refractivity contribution >= 4 is 11.6 Å². The summed E-state index contributed by atoms with van der Waals surface area (Å²) in [5, 5.41) is 4.11. The van der Waals surface area contributed by atoms with E-state index in [2.05, 4.69) is 54.1 Å². The lowest BCUT2D eigenvalue weighted by molar-refractivity contribution is -0.144. The van der Waals surface area contributed by atoms with Gasteiger partial charge < -0.3 is 9.74 Å². The summed E-state index contributed by atoms with van der Waals surface area (Å²) < 4.78 is 0. The minimum Gasteiger partial charge on any atom is -0.382 e. The van der Waals surface area contributed by atoms with E-state index in [9.17, 15) is 4.79 Å². The molecule has 6 nitrogen and oxygen atoms in total. The molecular weight excluding hydrogens is 316 g/mol. The lowest BCUT2D eigenvalue weighted by Gasteiger charge is -2.36. The summed E-state index contributed by atoms with van der Waals surface area (Å²) in [6, 6.07) is 11.1. The number of benzene rings is 1. The zero-order valence-corrected chi connectivity index (χ0v) is 14.8. The van der Waals surface area contributed by atoms with Gasteiger partial charge in [-0.2, -0.15) is 0 Å². The number of hydrogen-bond acceptors (Lipinski definition) is 5. The third-order valence-corrected chi connectivity index (χ3v) is 5.61. The smallest absolute Gasteiger partial charge is 0.266 e. The topological polar surface area (TPSA) is 66.0 Å². The largest absolute Gasteiger partial charge is 0.382 e. The molecule has 0 aromatic heterocycles.